The number of hydrogen-bond donors (Lipinski definition) is 2. The van der Waals surface area contributed by atoms with E-state index in [0.29, 0.717) is 6.54 Å². The minimum absolute atomic E-state index is 0.0228. The smallest absolute Gasteiger partial charge is 0.258 e. The van der Waals surface area contributed by atoms with Gasteiger partial charge < -0.3 is 15.5 Å². The SMILES string of the molecule is Cc1ccc(Nc2ccncc2)cc1N1Cc2cc(Nc3ccncc3)ccc2C1=O. The quantitative estimate of drug-likeness (QED) is 0.461. The molecule has 0 bridgehead atoms. The Morgan fingerprint density at radius 3 is 1.97 bits per heavy atom. The second-order valence-electron chi connectivity index (χ2n) is 7.49. The first-order valence-electron chi connectivity index (χ1n) is 10.1. The Bertz CT molecular complexity index is 1240. The molecule has 1 amide bonds. The van der Waals surface area contributed by atoms with Gasteiger partial charge in [0.1, 0.15) is 0 Å². The predicted octanol–water partition coefficient (Wildman–Crippen LogP) is 5.43. The third-order valence-electron chi connectivity index (χ3n) is 5.35. The van der Waals surface area contributed by atoms with Gasteiger partial charge in [-0.1, -0.05) is 6.07 Å². The molecule has 1 aliphatic heterocycles. The van der Waals surface area contributed by atoms with Crippen molar-refractivity contribution in [3.8, 4) is 0 Å². The lowest BCUT2D eigenvalue weighted by Crippen LogP contribution is -2.23. The van der Waals surface area contributed by atoms with Crippen LogP contribution >= 0.6 is 0 Å². The van der Waals surface area contributed by atoms with Crippen LogP contribution in [0.15, 0.2) is 85.5 Å². The Labute approximate surface area is 180 Å². The number of rotatable bonds is 5. The molecule has 4 aromatic rings. The summed E-state index contributed by atoms with van der Waals surface area (Å²) >= 11 is 0. The number of carbonyl (C=O) groups is 1. The highest BCUT2D eigenvalue weighted by atomic mass is 16.2. The minimum Gasteiger partial charge on any atom is -0.355 e. The fourth-order valence-electron chi connectivity index (χ4n) is 3.77. The number of anilines is 5. The van der Waals surface area contributed by atoms with Crippen LogP contribution in [0.3, 0.4) is 0 Å². The number of aromatic nitrogens is 2. The molecule has 0 fully saturated rings. The number of carbonyl (C=O) groups excluding carboxylic acids is 1. The number of hydrogen-bond acceptors (Lipinski definition) is 5. The van der Waals surface area contributed by atoms with E-state index < -0.39 is 0 Å². The van der Waals surface area contributed by atoms with Gasteiger partial charge in [-0.3, -0.25) is 14.8 Å². The summed E-state index contributed by atoms with van der Waals surface area (Å²) in [5, 5.41) is 6.74. The van der Waals surface area contributed by atoms with Gasteiger partial charge in [0.2, 0.25) is 0 Å². The van der Waals surface area contributed by atoms with Crippen molar-refractivity contribution in [1.82, 2.24) is 9.97 Å². The molecule has 1 aliphatic rings. The Morgan fingerprint density at radius 2 is 1.32 bits per heavy atom. The van der Waals surface area contributed by atoms with Gasteiger partial charge >= 0.3 is 0 Å². The Kier molecular flexibility index (Phi) is 4.80. The molecule has 0 spiro atoms. The van der Waals surface area contributed by atoms with Crippen LogP contribution in [0.25, 0.3) is 0 Å². The van der Waals surface area contributed by atoms with Gasteiger partial charge in [-0.15, -0.1) is 0 Å². The lowest BCUT2D eigenvalue weighted by molar-refractivity contribution is 0.0996. The van der Waals surface area contributed by atoms with Crippen molar-refractivity contribution in [2.75, 3.05) is 15.5 Å². The Morgan fingerprint density at radius 1 is 0.742 bits per heavy atom. The zero-order valence-corrected chi connectivity index (χ0v) is 17.0. The standard InChI is InChI=1S/C25H21N5O/c1-17-2-3-22(29-20-8-12-27-13-9-20)15-24(17)30-16-18-14-21(4-5-23(18)25(30)31)28-19-6-10-26-11-7-19/h2-15H,16H2,1H3,(H,26,28)(H,27,29). The third kappa shape index (κ3) is 3.83. The summed E-state index contributed by atoms with van der Waals surface area (Å²) in [6, 6.07) is 19.6. The van der Waals surface area contributed by atoms with Crippen molar-refractivity contribution in [3.63, 3.8) is 0 Å². The number of nitrogens with zero attached hydrogens (tertiary/aromatic N) is 3. The lowest BCUT2D eigenvalue weighted by Gasteiger charge is -2.20. The maximum absolute atomic E-state index is 13.2. The van der Waals surface area contributed by atoms with Crippen molar-refractivity contribution in [2.24, 2.45) is 0 Å². The van der Waals surface area contributed by atoms with Crippen molar-refractivity contribution in [3.05, 3.63) is 102 Å². The van der Waals surface area contributed by atoms with E-state index in [9.17, 15) is 4.79 Å². The summed E-state index contributed by atoms with van der Waals surface area (Å²) in [5.41, 5.74) is 7.50. The fraction of sp³-hybridized carbons (Fsp3) is 0.0800. The normalized spacial score (nSPS) is 12.5. The van der Waals surface area contributed by atoms with Crippen LogP contribution in [-0.2, 0) is 6.54 Å². The molecule has 152 valence electrons. The molecule has 0 unspecified atom stereocenters. The molecular weight excluding hydrogens is 386 g/mol. The summed E-state index contributed by atoms with van der Waals surface area (Å²) in [6.45, 7) is 2.57. The van der Waals surface area contributed by atoms with Crippen LogP contribution in [0, 0.1) is 6.92 Å². The molecule has 0 saturated carbocycles. The third-order valence-corrected chi connectivity index (χ3v) is 5.35. The van der Waals surface area contributed by atoms with E-state index in [0.717, 1.165) is 45.1 Å². The number of benzene rings is 2. The van der Waals surface area contributed by atoms with E-state index in [1.54, 1.807) is 24.8 Å². The highest BCUT2D eigenvalue weighted by Crippen LogP contribution is 2.34. The van der Waals surface area contributed by atoms with Gasteiger partial charge in [-0.2, -0.15) is 0 Å². The van der Waals surface area contributed by atoms with Crippen molar-refractivity contribution in [2.45, 2.75) is 13.5 Å². The monoisotopic (exact) mass is 407 g/mol. The molecule has 0 saturated heterocycles. The van der Waals surface area contributed by atoms with Gasteiger partial charge in [-0.05, 0) is 72.6 Å². The summed E-state index contributed by atoms with van der Waals surface area (Å²) in [6.07, 6.45) is 6.98. The maximum Gasteiger partial charge on any atom is 0.258 e. The van der Waals surface area contributed by atoms with Crippen LogP contribution in [0.2, 0.25) is 0 Å². The first-order valence-corrected chi connectivity index (χ1v) is 10.1. The summed E-state index contributed by atoms with van der Waals surface area (Å²) in [5.74, 6) is 0.0228. The second kappa shape index (κ2) is 7.91. The van der Waals surface area contributed by atoms with Gasteiger partial charge in [0.05, 0.1) is 6.54 Å². The fourth-order valence-corrected chi connectivity index (χ4v) is 3.77. The molecular formula is C25H21N5O. The van der Waals surface area contributed by atoms with E-state index >= 15 is 0 Å². The average Bonchev–Trinajstić information content (AvgIpc) is 3.12. The van der Waals surface area contributed by atoms with Crippen LogP contribution in [0.5, 0.6) is 0 Å². The van der Waals surface area contributed by atoms with Crippen molar-refractivity contribution < 1.29 is 4.79 Å². The Balaban J connectivity index is 1.40. The van der Waals surface area contributed by atoms with Gasteiger partial charge in [0.25, 0.3) is 5.91 Å². The van der Waals surface area contributed by atoms with E-state index in [1.807, 2.05) is 72.5 Å². The zero-order valence-electron chi connectivity index (χ0n) is 17.0. The van der Waals surface area contributed by atoms with Crippen LogP contribution in [0.1, 0.15) is 21.5 Å². The van der Waals surface area contributed by atoms with Crippen LogP contribution < -0.4 is 15.5 Å². The predicted molar refractivity (Wildman–Crippen MR) is 123 cm³/mol. The molecule has 2 aromatic carbocycles. The lowest BCUT2D eigenvalue weighted by atomic mass is 10.1. The summed E-state index contributed by atoms with van der Waals surface area (Å²) < 4.78 is 0. The van der Waals surface area contributed by atoms with Gasteiger partial charge in [0.15, 0.2) is 0 Å². The van der Waals surface area contributed by atoms with Crippen LogP contribution in [0.4, 0.5) is 28.4 Å². The average molecular weight is 407 g/mol. The summed E-state index contributed by atoms with van der Waals surface area (Å²) in [4.78, 5) is 23.1. The van der Waals surface area contributed by atoms with Crippen LogP contribution in [-0.4, -0.2) is 15.9 Å². The first kappa shape index (κ1) is 18.8. The summed E-state index contributed by atoms with van der Waals surface area (Å²) in [7, 11) is 0. The van der Waals surface area contributed by atoms with Gasteiger partial charge in [0, 0.05) is 58.8 Å². The van der Waals surface area contributed by atoms with E-state index in [4.69, 9.17) is 0 Å². The minimum atomic E-state index is 0.0228. The largest absolute Gasteiger partial charge is 0.355 e. The highest BCUT2D eigenvalue weighted by molar-refractivity contribution is 6.10. The van der Waals surface area contributed by atoms with E-state index in [-0.39, 0.29) is 5.91 Å². The first-order chi connectivity index (χ1) is 15.2. The maximum atomic E-state index is 13.2. The van der Waals surface area contributed by atoms with E-state index in [2.05, 4.69) is 20.6 Å². The van der Waals surface area contributed by atoms with Gasteiger partial charge in [-0.25, -0.2) is 0 Å². The van der Waals surface area contributed by atoms with Crippen molar-refractivity contribution in [1.29, 1.82) is 0 Å². The number of nitrogens with one attached hydrogen (secondary N) is 2. The molecule has 0 aliphatic carbocycles. The molecule has 0 atom stereocenters. The number of pyridine rings is 2. The highest BCUT2D eigenvalue weighted by Gasteiger charge is 2.29. The van der Waals surface area contributed by atoms with Crippen molar-refractivity contribution >= 4 is 34.3 Å². The molecule has 2 N–H and O–H groups in total. The zero-order chi connectivity index (χ0) is 21.2. The Hall–Kier alpha value is -4.19. The topological polar surface area (TPSA) is 70.2 Å². The number of fused-ring (bicyclic) bond motifs is 1. The molecule has 2 aromatic heterocycles. The van der Waals surface area contributed by atoms with E-state index in [1.165, 1.54) is 0 Å². The molecule has 31 heavy (non-hydrogen) atoms. The molecule has 0 radical (unpaired) electrons. The molecule has 6 heteroatoms. The molecule has 5 rings (SSSR count). The molecule has 3 heterocycles. The second-order valence-corrected chi connectivity index (χ2v) is 7.49. The number of amides is 1. The molecule has 6 nitrogen and oxygen atoms in total. The number of aryl methyl sites for hydroxylation is 1.